The highest BCUT2D eigenvalue weighted by atomic mass is 32.2. The van der Waals surface area contributed by atoms with Gasteiger partial charge < -0.3 is 9.30 Å². The van der Waals surface area contributed by atoms with Gasteiger partial charge in [0.2, 0.25) is 0 Å². The number of hydrogen-bond acceptors (Lipinski definition) is 4. The molecule has 4 nitrogen and oxygen atoms in total. The van der Waals surface area contributed by atoms with Crippen LogP contribution < -0.4 is 4.90 Å². The Morgan fingerprint density at radius 3 is 3.00 bits per heavy atom. The summed E-state index contributed by atoms with van der Waals surface area (Å²) in [6.45, 7) is 0.501. The van der Waals surface area contributed by atoms with Crippen LogP contribution in [0.1, 0.15) is 0 Å². The van der Waals surface area contributed by atoms with Crippen LogP contribution in [0.3, 0.4) is 0 Å². The molecule has 0 saturated carbocycles. The normalized spacial score (nSPS) is 21.0. The van der Waals surface area contributed by atoms with Crippen molar-refractivity contribution < 1.29 is 13.2 Å². The van der Waals surface area contributed by atoms with E-state index in [1.165, 1.54) is 0 Å². The van der Waals surface area contributed by atoms with E-state index in [0.717, 1.165) is 17.3 Å². The molecule has 2 aromatic heterocycles. The van der Waals surface area contributed by atoms with Crippen LogP contribution >= 0.6 is 11.8 Å². The van der Waals surface area contributed by atoms with Crippen LogP contribution in [0, 0.1) is 0 Å². The maximum absolute atomic E-state index is 12.8. The largest absolute Gasteiger partial charge is 0.402 e. The number of thioether (sulfide) groups is 1. The number of anilines is 1. The molecule has 0 aliphatic carbocycles. The molecular weight excluding hydrogens is 277 g/mol. The lowest BCUT2D eigenvalue weighted by Gasteiger charge is -2.34. The van der Waals surface area contributed by atoms with Crippen molar-refractivity contribution >= 4 is 23.1 Å². The Hall–Kier alpha value is -1.44. The third-order valence-corrected chi connectivity index (χ3v) is 4.29. The molecule has 102 valence electrons. The lowest BCUT2D eigenvalue weighted by molar-refractivity contribution is -0.127. The maximum Gasteiger partial charge on any atom is 0.402 e. The quantitative estimate of drug-likeness (QED) is 0.805. The number of hydrogen-bond donors (Lipinski definition) is 0. The fourth-order valence-electron chi connectivity index (χ4n) is 2.12. The minimum absolute atomic E-state index is 0.0635. The second kappa shape index (κ2) is 4.59. The van der Waals surface area contributed by atoms with Crippen LogP contribution in [0.25, 0.3) is 5.52 Å². The predicted molar refractivity (Wildman–Crippen MR) is 67.5 cm³/mol. The van der Waals surface area contributed by atoms with Gasteiger partial charge in [0.25, 0.3) is 0 Å². The second-order valence-electron chi connectivity index (χ2n) is 4.28. The number of fused-ring (bicyclic) bond motifs is 1. The number of nitrogens with zero attached hydrogens (tertiary/aromatic N) is 4. The molecule has 1 unspecified atom stereocenters. The standard InChI is InChI=1S/C11H11F3N4S/c12-11(13,14)9-6-17(3-4-19-9)10-8-5-15-7-18(8)2-1-16-10/h1-2,5,7,9H,3-4,6H2. The minimum Gasteiger partial charge on any atom is -0.353 e. The van der Waals surface area contributed by atoms with E-state index in [1.807, 2.05) is 0 Å². The number of rotatable bonds is 1. The van der Waals surface area contributed by atoms with Gasteiger partial charge in [-0.25, -0.2) is 9.97 Å². The first-order valence-electron chi connectivity index (χ1n) is 5.75. The van der Waals surface area contributed by atoms with E-state index in [1.54, 1.807) is 34.2 Å². The molecule has 0 bridgehead atoms. The van der Waals surface area contributed by atoms with E-state index >= 15 is 0 Å². The Morgan fingerprint density at radius 2 is 2.21 bits per heavy atom. The van der Waals surface area contributed by atoms with Gasteiger partial charge in [-0.05, 0) is 0 Å². The van der Waals surface area contributed by atoms with E-state index in [-0.39, 0.29) is 6.54 Å². The molecule has 1 aliphatic rings. The van der Waals surface area contributed by atoms with Crippen molar-refractivity contribution in [1.82, 2.24) is 14.4 Å². The van der Waals surface area contributed by atoms with Crippen molar-refractivity contribution in [3.8, 4) is 0 Å². The number of alkyl halides is 3. The molecule has 3 rings (SSSR count). The zero-order valence-corrected chi connectivity index (χ0v) is 10.7. The summed E-state index contributed by atoms with van der Waals surface area (Å²) in [4.78, 5) is 9.89. The Labute approximate surface area is 111 Å². The van der Waals surface area contributed by atoms with Crippen molar-refractivity contribution in [2.45, 2.75) is 11.4 Å². The lowest BCUT2D eigenvalue weighted by Crippen LogP contribution is -2.45. The third kappa shape index (κ3) is 2.36. The van der Waals surface area contributed by atoms with Gasteiger partial charge in [-0.3, -0.25) is 0 Å². The van der Waals surface area contributed by atoms with Gasteiger partial charge in [-0.2, -0.15) is 13.2 Å². The summed E-state index contributed by atoms with van der Waals surface area (Å²) in [5, 5.41) is -1.36. The Morgan fingerprint density at radius 1 is 1.37 bits per heavy atom. The van der Waals surface area contributed by atoms with Crippen molar-refractivity contribution in [2.75, 3.05) is 23.7 Å². The minimum atomic E-state index is -4.17. The van der Waals surface area contributed by atoms with Gasteiger partial charge in [0.05, 0.1) is 12.5 Å². The van der Waals surface area contributed by atoms with Crippen LogP contribution in [0.15, 0.2) is 24.9 Å². The predicted octanol–water partition coefficient (Wildman–Crippen LogP) is 2.21. The highest BCUT2D eigenvalue weighted by Gasteiger charge is 2.43. The SMILES string of the molecule is FC(F)(F)C1CN(c2nccn3cncc23)CCS1. The molecule has 19 heavy (non-hydrogen) atoms. The maximum atomic E-state index is 12.8. The van der Waals surface area contributed by atoms with E-state index in [4.69, 9.17) is 0 Å². The van der Waals surface area contributed by atoms with Gasteiger partial charge in [-0.15, -0.1) is 11.8 Å². The third-order valence-electron chi connectivity index (χ3n) is 3.05. The molecule has 0 N–H and O–H groups in total. The average Bonchev–Trinajstić information content (AvgIpc) is 2.86. The molecule has 0 aromatic carbocycles. The Balaban J connectivity index is 1.91. The van der Waals surface area contributed by atoms with E-state index in [0.29, 0.717) is 18.1 Å². The van der Waals surface area contributed by atoms with Crippen molar-refractivity contribution in [3.05, 3.63) is 24.9 Å². The summed E-state index contributed by atoms with van der Waals surface area (Å²) >= 11 is 0.959. The van der Waals surface area contributed by atoms with Gasteiger partial charge in [0.15, 0.2) is 5.82 Å². The fourth-order valence-corrected chi connectivity index (χ4v) is 3.21. The molecule has 1 atom stereocenters. The highest BCUT2D eigenvalue weighted by Crippen LogP contribution is 2.35. The molecule has 3 heterocycles. The number of aromatic nitrogens is 3. The van der Waals surface area contributed by atoms with Crippen LogP contribution in [-0.4, -0.2) is 44.6 Å². The van der Waals surface area contributed by atoms with E-state index in [2.05, 4.69) is 9.97 Å². The smallest absolute Gasteiger partial charge is 0.353 e. The monoisotopic (exact) mass is 288 g/mol. The van der Waals surface area contributed by atoms with Crippen LogP contribution in [0.4, 0.5) is 19.0 Å². The summed E-state index contributed by atoms with van der Waals surface area (Å²) in [7, 11) is 0. The highest BCUT2D eigenvalue weighted by molar-refractivity contribution is 8.00. The van der Waals surface area contributed by atoms with Gasteiger partial charge in [0, 0.05) is 31.2 Å². The molecule has 1 saturated heterocycles. The molecule has 0 radical (unpaired) electrons. The molecule has 8 heteroatoms. The van der Waals surface area contributed by atoms with Crippen LogP contribution in [-0.2, 0) is 0 Å². The Bertz CT molecular complexity index is 583. The van der Waals surface area contributed by atoms with Crippen molar-refractivity contribution in [1.29, 1.82) is 0 Å². The summed E-state index contributed by atoms with van der Waals surface area (Å²) in [5.74, 6) is 1.01. The van der Waals surface area contributed by atoms with Crippen LogP contribution in [0.2, 0.25) is 0 Å². The lowest BCUT2D eigenvalue weighted by atomic mass is 10.3. The second-order valence-corrected chi connectivity index (χ2v) is 5.59. The molecule has 1 aliphatic heterocycles. The van der Waals surface area contributed by atoms with E-state index in [9.17, 15) is 13.2 Å². The van der Waals surface area contributed by atoms with Gasteiger partial charge in [0.1, 0.15) is 10.8 Å². The summed E-state index contributed by atoms with van der Waals surface area (Å²) in [5.41, 5.74) is 0.732. The summed E-state index contributed by atoms with van der Waals surface area (Å²) < 4.78 is 40.2. The van der Waals surface area contributed by atoms with Crippen molar-refractivity contribution in [3.63, 3.8) is 0 Å². The summed E-state index contributed by atoms with van der Waals surface area (Å²) in [6.07, 6.45) is 2.36. The fraction of sp³-hybridized carbons (Fsp3) is 0.455. The summed E-state index contributed by atoms with van der Waals surface area (Å²) in [6, 6.07) is 0. The first-order valence-corrected chi connectivity index (χ1v) is 6.80. The van der Waals surface area contributed by atoms with Gasteiger partial charge in [-0.1, -0.05) is 0 Å². The zero-order chi connectivity index (χ0) is 13.5. The molecule has 0 spiro atoms. The topological polar surface area (TPSA) is 33.4 Å². The molecule has 0 amide bonds. The number of halogens is 3. The molecule has 1 fully saturated rings. The zero-order valence-electron chi connectivity index (χ0n) is 9.84. The first kappa shape index (κ1) is 12.6. The van der Waals surface area contributed by atoms with Crippen molar-refractivity contribution in [2.24, 2.45) is 0 Å². The van der Waals surface area contributed by atoms with Gasteiger partial charge >= 0.3 is 6.18 Å². The van der Waals surface area contributed by atoms with E-state index < -0.39 is 11.4 Å². The Kier molecular flexibility index (Phi) is 3.04. The number of imidazole rings is 1. The molecular formula is C11H11F3N4S. The van der Waals surface area contributed by atoms with Crippen LogP contribution in [0.5, 0.6) is 0 Å². The first-order chi connectivity index (χ1) is 9.05. The molecule has 2 aromatic rings. The average molecular weight is 288 g/mol.